The Kier molecular flexibility index (Phi) is 7.34. The van der Waals surface area contributed by atoms with Gasteiger partial charge in [-0.1, -0.05) is 24.3 Å². The van der Waals surface area contributed by atoms with Crippen LogP contribution in [0.15, 0.2) is 58.1 Å². The lowest BCUT2D eigenvalue weighted by Gasteiger charge is -2.11. The Bertz CT molecular complexity index is 1250. The van der Waals surface area contributed by atoms with Crippen LogP contribution >= 0.6 is 15.9 Å². The molecule has 1 N–H and O–H groups in total. The van der Waals surface area contributed by atoms with Crippen molar-refractivity contribution >= 4 is 39.7 Å². The SMILES string of the molecule is Cc1nn(C(C)C(=O)N/N=C/c2cccc(OC(=O)c3ccccc3Br)c2)c(C)c1[N+](=O)[O-]. The normalized spacial score (nSPS) is 11.9. The molecule has 2 aromatic carbocycles. The predicted octanol–water partition coefficient (Wildman–Crippen LogP) is 4.10. The number of carbonyl (C=O) groups excluding carboxylic acids is 2. The van der Waals surface area contributed by atoms with Crippen LogP contribution in [0.3, 0.4) is 0 Å². The molecule has 0 saturated carbocycles. The molecular formula is C22H20BrN5O5. The van der Waals surface area contributed by atoms with Crippen molar-refractivity contribution < 1.29 is 19.2 Å². The Morgan fingerprint density at radius 2 is 1.97 bits per heavy atom. The van der Waals surface area contributed by atoms with Crippen molar-refractivity contribution in [3.63, 3.8) is 0 Å². The van der Waals surface area contributed by atoms with Gasteiger partial charge in [0, 0.05) is 4.47 Å². The largest absolute Gasteiger partial charge is 0.423 e. The first-order valence-electron chi connectivity index (χ1n) is 9.78. The first-order valence-corrected chi connectivity index (χ1v) is 10.6. The molecule has 0 bridgehead atoms. The summed E-state index contributed by atoms with van der Waals surface area (Å²) in [6.45, 7) is 4.61. The van der Waals surface area contributed by atoms with E-state index in [2.05, 4.69) is 31.6 Å². The first kappa shape index (κ1) is 23.8. The molecule has 0 aliphatic rings. The fraction of sp³-hybridized carbons (Fsp3) is 0.182. The zero-order valence-corrected chi connectivity index (χ0v) is 19.6. The summed E-state index contributed by atoms with van der Waals surface area (Å²) in [6, 6.07) is 12.7. The third kappa shape index (κ3) is 5.50. The summed E-state index contributed by atoms with van der Waals surface area (Å²) < 4.78 is 7.32. The minimum absolute atomic E-state index is 0.118. The van der Waals surface area contributed by atoms with Crippen LogP contribution in [0.4, 0.5) is 5.69 Å². The highest BCUT2D eigenvalue weighted by atomic mass is 79.9. The van der Waals surface area contributed by atoms with Gasteiger partial charge in [0.2, 0.25) is 0 Å². The van der Waals surface area contributed by atoms with E-state index in [0.29, 0.717) is 21.3 Å². The van der Waals surface area contributed by atoms with Crippen LogP contribution in [0.5, 0.6) is 5.75 Å². The summed E-state index contributed by atoms with van der Waals surface area (Å²) in [5.41, 5.74) is 3.76. The first-order chi connectivity index (χ1) is 15.7. The van der Waals surface area contributed by atoms with Gasteiger partial charge in [-0.15, -0.1) is 0 Å². The number of benzene rings is 2. The number of aromatic nitrogens is 2. The van der Waals surface area contributed by atoms with Crippen LogP contribution in [0.2, 0.25) is 0 Å². The van der Waals surface area contributed by atoms with Crippen LogP contribution < -0.4 is 10.2 Å². The molecule has 1 atom stereocenters. The summed E-state index contributed by atoms with van der Waals surface area (Å²) in [4.78, 5) is 35.5. The van der Waals surface area contributed by atoms with E-state index in [1.807, 2.05) is 0 Å². The van der Waals surface area contributed by atoms with Crippen LogP contribution in [-0.4, -0.2) is 32.8 Å². The van der Waals surface area contributed by atoms with Crippen molar-refractivity contribution in [2.75, 3.05) is 0 Å². The zero-order chi connectivity index (χ0) is 24.1. The molecule has 1 heterocycles. The second kappa shape index (κ2) is 10.2. The van der Waals surface area contributed by atoms with Gasteiger partial charge >= 0.3 is 11.7 Å². The number of rotatable bonds is 7. The Morgan fingerprint density at radius 1 is 1.24 bits per heavy atom. The molecule has 10 nitrogen and oxygen atoms in total. The molecule has 3 rings (SSSR count). The second-order valence-electron chi connectivity index (χ2n) is 7.07. The molecule has 33 heavy (non-hydrogen) atoms. The molecule has 1 aromatic heterocycles. The number of halogens is 1. The molecule has 11 heteroatoms. The maximum absolute atomic E-state index is 12.4. The average molecular weight is 514 g/mol. The van der Waals surface area contributed by atoms with Crippen LogP contribution in [0.1, 0.15) is 40.3 Å². The predicted molar refractivity (Wildman–Crippen MR) is 124 cm³/mol. The van der Waals surface area contributed by atoms with Gasteiger partial charge in [-0.05, 0) is 66.5 Å². The summed E-state index contributed by atoms with van der Waals surface area (Å²) in [6.07, 6.45) is 1.39. The molecule has 0 aliphatic carbocycles. The Balaban J connectivity index is 1.65. The third-order valence-electron chi connectivity index (χ3n) is 4.77. The number of esters is 1. The summed E-state index contributed by atoms with van der Waals surface area (Å²) in [5, 5.41) is 19.2. The molecule has 0 fully saturated rings. The van der Waals surface area contributed by atoms with Gasteiger partial charge in [-0.2, -0.15) is 10.2 Å². The highest BCUT2D eigenvalue weighted by Gasteiger charge is 2.26. The topological polar surface area (TPSA) is 129 Å². The highest BCUT2D eigenvalue weighted by molar-refractivity contribution is 9.10. The number of ether oxygens (including phenoxy) is 1. The molecule has 1 amide bonds. The lowest BCUT2D eigenvalue weighted by atomic mass is 10.2. The van der Waals surface area contributed by atoms with E-state index < -0.39 is 22.8 Å². The Hall–Kier alpha value is -3.86. The minimum Gasteiger partial charge on any atom is -0.423 e. The van der Waals surface area contributed by atoms with E-state index in [1.165, 1.54) is 24.7 Å². The van der Waals surface area contributed by atoms with E-state index in [9.17, 15) is 19.7 Å². The van der Waals surface area contributed by atoms with Crippen LogP contribution in [0, 0.1) is 24.0 Å². The minimum atomic E-state index is -0.814. The van der Waals surface area contributed by atoms with Crippen molar-refractivity contribution in [3.05, 3.63) is 85.6 Å². The molecule has 170 valence electrons. The maximum atomic E-state index is 12.4. The van der Waals surface area contributed by atoms with Gasteiger partial charge in [0.15, 0.2) is 0 Å². The Labute approximate surface area is 197 Å². The van der Waals surface area contributed by atoms with Gasteiger partial charge in [0.1, 0.15) is 23.2 Å². The molecule has 0 aliphatic heterocycles. The maximum Gasteiger partial charge on any atom is 0.344 e. The average Bonchev–Trinajstić information content (AvgIpc) is 3.07. The van der Waals surface area contributed by atoms with Gasteiger partial charge < -0.3 is 4.74 Å². The van der Waals surface area contributed by atoms with Gasteiger partial charge in [0.05, 0.1) is 16.7 Å². The number of hydrogen-bond donors (Lipinski definition) is 1. The fourth-order valence-corrected chi connectivity index (χ4v) is 3.56. The van der Waals surface area contributed by atoms with Crippen molar-refractivity contribution in [2.45, 2.75) is 26.8 Å². The number of aryl methyl sites for hydroxylation is 1. The van der Waals surface area contributed by atoms with Gasteiger partial charge in [-0.25, -0.2) is 10.2 Å². The number of nitrogens with one attached hydrogen (secondary N) is 1. The van der Waals surface area contributed by atoms with E-state index in [4.69, 9.17) is 4.74 Å². The van der Waals surface area contributed by atoms with Crippen molar-refractivity contribution in [2.24, 2.45) is 5.10 Å². The Morgan fingerprint density at radius 3 is 2.64 bits per heavy atom. The number of nitro groups is 1. The summed E-state index contributed by atoms with van der Waals surface area (Å²) in [5.74, 6) is -0.699. The molecule has 0 radical (unpaired) electrons. The monoisotopic (exact) mass is 513 g/mol. The molecular weight excluding hydrogens is 494 g/mol. The van der Waals surface area contributed by atoms with E-state index in [0.717, 1.165) is 0 Å². The van der Waals surface area contributed by atoms with E-state index >= 15 is 0 Å². The number of hydrazone groups is 1. The van der Waals surface area contributed by atoms with E-state index in [-0.39, 0.29) is 17.1 Å². The fourth-order valence-electron chi connectivity index (χ4n) is 3.12. The third-order valence-corrected chi connectivity index (χ3v) is 5.46. The second-order valence-corrected chi connectivity index (χ2v) is 7.93. The van der Waals surface area contributed by atoms with E-state index in [1.54, 1.807) is 55.5 Å². The molecule has 1 unspecified atom stereocenters. The van der Waals surface area contributed by atoms with Crippen LogP contribution in [-0.2, 0) is 4.79 Å². The highest BCUT2D eigenvalue weighted by Crippen LogP contribution is 2.24. The lowest BCUT2D eigenvalue weighted by Crippen LogP contribution is -2.28. The molecule has 3 aromatic rings. The number of carbonyl (C=O) groups is 2. The van der Waals surface area contributed by atoms with Crippen molar-refractivity contribution in [1.29, 1.82) is 0 Å². The number of amides is 1. The standard InChI is InChI=1S/C22H20BrN5O5/c1-13-20(28(31)32)14(2)27(26-13)15(3)21(29)25-24-12-16-7-6-8-17(11-16)33-22(30)18-9-4-5-10-19(18)23/h4-12,15H,1-3H3,(H,25,29)/b24-12+. The van der Waals surface area contributed by atoms with Crippen molar-refractivity contribution in [3.8, 4) is 5.75 Å². The summed E-state index contributed by atoms with van der Waals surface area (Å²) >= 11 is 3.32. The summed E-state index contributed by atoms with van der Waals surface area (Å²) in [7, 11) is 0. The molecule has 0 saturated heterocycles. The van der Waals surface area contributed by atoms with Gasteiger partial charge in [-0.3, -0.25) is 19.6 Å². The molecule has 0 spiro atoms. The van der Waals surface area contributed by atoms with Crippen LogP contribution in [0.25, 0.3) is 0 Å². The van der Waals surface area contributed by atoms with Crippen molar-refractivity contribution in [1.82, 2.24) is 15.2 Å². The number of hydrogen-bond acceptors (Lipinski definition) is 7. The smallest absolute Gasteiger partial charge is 0.344 e. The zero-order valence-electron chi connectivity index (χ0n) is 18.0. The lowest BCUT2D eigenvalue weighted by molar-refractivity contribution is -0.386. The van der Waals surface area contributed by atoms with Gasteiger partial charge in [0.25, 0.3) is 5.91 Å². The number of nitrogens with zero attached hydrogens (tertiary/aromatic N) is 4. The quantitative estimate of drug-likeness (QED) is 0.166.